The molecule has 11 heavy (non-hydrogen) atoms. The normalized spacial score (nSPS) is 9.73. The van der Waals surface area contributed by atoms with Crippen molar-refractivity contribution in [1.29, 1.82) is 0 Å². The van der Waals surface area contributed by atoms with Crippen molar-refractivity contribution in [2.24, 2.45) is 5.92 Å². The van der Waals surface area contributed by atoms with Crippen molar-refractivity contribution < 1.29 is 17.0 Å². The van der Waals surface area contributed by atoms with Crippen molar-refractivity contribution in [3.8, 4) is 11.8 Å². The second kappa shape index (κ2) is 13.4. The summed E-state index contributed by atoms with van der Waals surface area (Å²) < 4.78 is 0. The molecule has 0 saturated heterocycles. The minimum atomic E-state index is 0. The van der Waals surface area contributed by atoms with E-state index in [-0.39, 0.29) is 40.0 Å². The average molecular weight is 227 g/mol. The zero-order chi connectivity index (χ0) is 7.11. The fraction of sp³-hybridized carbons (Fsp3) is 0.667. The van der Waals surface area contributed by atoms with E-state index in [1.165, 1.54) is 0 Å². The van der Waals surface area contributed by atoms with Gasteiger partial charge in [-0.25, -0.2) is 0 Å². The summed E-state index contributed by atoms with van der Waals surface area (Å²) in [4.78, 5) is 0. The minimum Gasteiger partial charge on any atom is -1.00 e. The van der Waals surface area contributed by atoms with Crippen LogP contribution in [0.1, 0.15) is 33.1 Å². The first-order valence-electron chi connectivity index (χ1n) is 3.56. The van der Waals surface area contributed by atoms with Gasteiger partial charge >= 0.3 is 23.1 Å². The summed E-state index contributed by atoms with van der Waals surface area (Å²) >= 11 is 0. The molecule has 0 aromatic heterocycles. The van der Waals surface area contributed by atoms with Gasteiger partial charge in [0.2, 0.25) is 0 Å². The van der Waals surface area contributed by atoms with E-state index >= 15 is 0 Å². The molecular formula is C9H15BrMg. The topological polar surface area (TPSA) is 0 Å². The quantitative estimate of drug-likeness (QED) is 0.339. The van der Waals surface area contributed by atoms with Gasteiger partial charge in [0, 0.05) is 5.92 Å². The third-order valence-electron chi connectivity index (χ3n) is 1.39. The molecule has 0 N–H and O–H groups in total. The van der Waals surface area contributed by atoms with Gasteiger partial charge in [-0.1, -0.05) is 13.3 Å². The molecule has 0 aliphatic rings. The van der Waals surface area contributed by atoms with Crippen molar-refractivity contribution in [3.63, 3.8) is 0 Å². The van der Waals surface area contributed by atoms with Crippen molar-refractivity contribution >= 4 is 23.1 Å². The smallest absolute Gasteiger partial charge is 1.00 e. The van der Waals surface area contributed by atoms with Gasteiger partial charge < -0.3 is 23.9 Å². The third kappa shape index (κ3) is 10.8. The second-order valence-corrected chi connectivity index (χ2v) is 2.14. The summed E-state index contributed by atoms with van der Waals surface area (Å²) in [5.74, 6) is 6.66. The van der Waals surface area contributed by atoms with Gasteiger partial charge in [-0.3, -0.25) is 0 Å². The van der Waals surface area contributed by atoms with E-state index < -0.39 is 0 Å². The van der Waals surface area contributed by atoms with Crippen LogP contribution in [-0.2, 0) is 0 Å². The summed E-state index contributed by atoms with van der Waals surface area (Å²) in [7, 11) is 0. The van der Waals surface area contributed by atoms with Crippen LogP contribution in [0.15, 0.2) is 0 Å². The Morgan fingerprint density at radius 2 is 2.00 bits per heavy atom. The van der Waals surface area contributed by atoms with Crippen LogP contribution < -0.4 is 17.0 Å². The maximum Gasteiger partial charge on any atom is 2.00 e. The zero-order valence-corrected chi connectivity index (χ0v) is 10.5. The molecule has 0 saturated carbocycles. The molecule has 0 aliphatic heterocycles. The Labute approximate surface area is 97.4 Å². The maximum absolute atomic E-state index is 3.79. The standard InChI is InChI=1S/C9H15.BrH.Mg/c1-4-7-9(6-3)8-5-2;;/h9H,1,4,6-7H2,2-3H3;1H;/q-1;;+2/p-1/t9-;;/m1../s1. The van der Waals surface area contributed by atoms with Crippen LogP contribution in [0.25, 0.3) is 0 Å². The Morgan fingerprint density at radius 1 is 1.45 bits per heavy atom. The van der Waals surface area contributed by atoms with E-state index in [0.717, 1.165) is 19.3 Å². The first kappa shape index (κ1) is 17.8. The molecule has 0 bridgehead atoms. The minimum absolute atomic E-state index is 0. The fourth-order valence-corrected chi connectivity index (χ4v) is 0.829. The second-order valence-electron chi connectivity index (χ2n) is 2.14. The van der Waals surface area contributed by atoms with E-state index in [0.29, 0.717) is 5.92 Å². The van der Waals surface area contributed by atoms with Crippen LogP contribution in [0.4, 0.5) is 0 Å². The van der Waals surface area contributed by atoms with Crippen LogP contribution in [0.5, 0.6) is 0 Å². The first-order valence-corrected chi connectivity index (χ1v) is 3.56. The van der Waals surface area contributed by atoms with Crippen molar-refractivity contribution in [2.75, 3.05) is 0 Å². The molecule has 0 aromatic rings. The van der Waals surface area contributed by atoms with Crippen molar-refractivity contribution in [1.82, 2.24) is 0 Å². The number of halogens is 1. The molecule has 0 fully saturated rings. The monoisotopic (exact) mass is 226 g/mol. The van der Waals surface area contributed by atoms with Crippen LogP contribution in [-0.4, -0.2) is 23.1 Å². The largest absolute Gasteiger partial charge is 2.00 e. The molecule has 0 nitrogen and oxygen atoms in total. The molecule has 0 unspecified atom stereocenters. The maximum atomic E-state index is 3.79. The van der Waals surface area contributed by atoms with E-state index in [1.807, 2.05) is 6.92 Å². The average Bonchev–Trinajstić information content (AvgIpc) is 1.88. The van der Waals surface area contributed by atoms with E-state index in [1.54, 1.807) is 0 Å². The number of hydrogen-bond acceptors (Lipinski definition) is 0. The van der Waals surface area contributed by atoms with Gasteiger partial charge in [-0.2, -0.15) is 6.42 Å². The van der Waals surface area contributed by atoms with Crippen molar-refractivity contribution in [2.45, 2.75) is 33.1 Å². The molecule has 2 heteroatoms. The molecule has 1 atom stereocenters. The van der Waals surface area contributed by atoms with Gasteiger partial charge in [0.15, 0.2) is 0 Å². The summed E-state index contributed by atoms with van der Waals surface area (Å²) in [6.07, 6.45) is 3.32. The molecule has 0 heterocycles. The Morgan fingerprint density at radius 3 is 2.27 bits per heavy atom. The van der Waals surface area contributed by atoms with Gasteiger partial charge in [0.25, 0.3) is 0 Å². The van der Waals surface area contributed by atoms with Crippen LogP contribution >= 0.6 is 0 Å². The first-order chi connectivity index (χ1) is 4.35. The predicted molar refractivity (Wildman–Crippen MR) is 47.6 cm³/mol. The molecule has 60 valence electrons. The Balaban J connectivity index is -0.000000320. The predicted octanol–water partition coefficient (Wildman–Crippen LogP) is -0.727. The Hall–Kier alpha value is 0.806. The van der Waals surface area contributed by atoms with E-state index in [2.05, 4.69) is 25.7 Å². The summed E-state index contributed by atoms with van der Waals surface area (Å²) in [5, 5.41) is 0. The van der Waals surface area contributed by atoms with E-state index in [9.17, 15) is 0 Å². The molecular weight excluding hydrogens is 212 g/mol. The van der Waals surface area contributed by atoms with Crippen LogP contribution in [0.3, 0.4) is 0 Å². The molecule has 0 rings (SSSR count). The number of rotatable bonds is 3. The fourth-order valence-electron chi connectivity index (χ4n) is 0.829. The van der Waals surface area contributed by atoms with Gasteiger partial charge in [0.05, 0.1) is 0 Å². The van der Waals surface area contributed by atoms with Gasteiger partial charge in [-0.15, -0.1) is 11.8 Å². The zero-order valence-electron chi connectivity index (χ0n) is 7.49. The molecule has 0 amide bonds. The third-order valence-corrected chi connectivity index (χ3v) is 1.39. The molecule has 0 radical (unpaired) electrons. The number of hydrogen-bond donors (Lipinski definition) is 0. The summed E-state index contributed by atoms with van der Waals surface area (Å²) in [5.41, 5.74) is 0. The van der Waals surface area contributed by atoms with Crippen molar-refractivity contribution in [3.05, 3.63) is 6.92 Å². The molecule has 0 spiro atoms. The van der Waals surface area contributed by atoms with Gasteiger partial charge in [-0.05, 0) is 13.3 Å². The van der Waals surface area contributed by atoms with Crippen LogP contribution in [0, 0.1) is 24.7 Å². The van der Waals surface area contributed by atoms with Crippen LogP contribution in [0.2, 0.25) is 0 Å². The SMILES string of the molecule is [Br-].[CH2-]CC[C@H](C#CC)CC.[Mg+2]. The summed E-state index contributed by atoms with van der Waals surface area (Å²) in [6.45, 7) is 7.85. The Bertz CT molecular complexity index is 112. The molecule has 0 aliphatic carbocycles. The molecule has 0 aromatic carbocycles. The van der Waals surface area contributed by atoms with E-state index in [4.69, 9.17) is 0 Å². The Kier molecular flexibility index (Phi) is 21.7. The van der Waals surface area contributed by atoms with Gasteiger partial charge in [0.1, 0.15) is 0 Å². The summed E-state index contributed by atoms with van der Waals surface area (Å²) in [6, 6.07) is 0.